The molecule has 2 unspecified atom stereocenters. The Kier molecular flexibility index (Phi) is 4.03. The molecule has 3 nitrogen and oxygen atoms in total. The van der Waals surface area contributed by atoms with E-state index in [1.54, 1.807) is 0 Å². The molecule has 0 saturated heterocycles. The summed E-state index contributed by atoms with van der Waals surface area (Å²) in [7, 11) is 0. The van der Waals surface area contributed by atoms with Crippen molar-refractivity contribution in [3.05, 3.63) is 35.9 Å². The van der Waals surface area contributed by atoms with Gasteiger partial charge in [-0.15, -0.1) is 0 Å². The SMILES string of the molecule is CC(NC(=O)C12CCC(CC1)CC2)C(O)c1ccccc1. The number of hydrogen-bond acceptors (Lipinski definition) is 2. The average Bonchev–Trinajstić information content (AvgIpc) is 2.56. The second kappa shape index (κ2) is 5.80. The molecule has 0 spiro atoms. The van der Waals surface area contributed by atoms with Crippen LogP contribution in [0.5, 0.6) is 0 Å². The van der Waals surface area contributed by atoms with Crippen LogP contribution in [0.1, 0.15) is 57.1 Å². The Hall–Kier alpha value is -1.35. The molecule has 3 aliphatic rings. The van der Waals surface area contributed by atoms with Gasteiger partial charge in [0, 0.05) is 5.41 Å². The molecule has 0 aliphatic heterocycles. The number of carbonyl (C=O) groups is 1. The van der Waals surface area contributed by atoms with E-state index in [9.17, 15) is 9.90 Å². The fourth-order valence-electron chi connectivity index (χ4n) is 3.97. The summed E-state index contributed by atoms with van der Waals surface area (Å²) in [5.41, 5.74) is 0.703. The molecule has 0 heterocycles. The van der Waals surface area contributed by atoms with Gasteiger partial charge in [-0.05, 0) is 56.9 Å². The first-order valence-corrected chi connectivity index (χ1v) is 8.15. The van der Waals surface area contributed by atoms with Gasteiger partial charge >= 0.3 is 0 Å². The third-order valence-corrected chi connectivity index (χ3v) is 5.55. The maximum Gasteiger partial charge on any atom is 0.226 e. The van der Waals surface area contributed by atoms with E-state index < -0.39 is 6.10 Å². The predicted molar refractivity (Wildman–Crippen MR) is 82.6 cm³/mol. The molecule has 2 N–H and O–H groups in total. The fourth-order valence-corrected chi connectivity index (χ4v) is 3.97. The van der Waals surface area contributed by atoms with Crippen LogP contribution in [0.15, 0.2) is 30.3 Å². The second-order valence-corrected chi connectivity index (χ2v) is 6.88. The number of fused-ring (bicyclic) bond motifs is 3. The van der Waals surface area contributed by atoms with Crippen molar-refractivity contribution in [3.8, 4) is 0 Å². The van der Waals surface area contributed by atoms with E-state index in [1.807, 2.05) is 37.3 Å². The third kappa shape index (κ3) is 2.84. The van der Waals surface area contributed by atoms with Gasteiger partial charge in [0.05, 0.1) is 12.1 Å². The molecule has 3 fully saturated rings. The number of aliphatic hydroxyl groups excluding tert-OH is 1. The molecule has 2 atom stereocenters. The molecule has 0 aromatic heterocycles. The van der Waals surface area contributed by atoms with Crippen molar-refractivity contribution in [2.75, 3.05) is 0 Å². The quantitative estimate of drug-likeness (QED) is 0.893. The van der Waals surface area contributed by atoms with Crippen LogP contribution in [0, 0.1) is 11.3 Å². The highest BCUT2D eigenvalue weighted by molar-refractivity contribution is 5.83. The van der Waals surface area contributed by atoms with Gasteiger partial charge in [0.15, 0.2) is 0 Å². The molecule has 21 heavy (non-hydrogen) atoms. The second-order valence-electron chi connectivity index (χ2n) is 6.88. The lowest BCUT2D eigenvalue weighted by Crippen LogP contribution is -2.50. The van der Waals surface area contributed by atoms with Crippen molar-refractivity contribution in [2.24, 2.45) is 11.3 Å². The van der Waals surface area contributed by atoms with Crippen LogP contribution in [-0.2, 0) is 4.79 Å². The number of amides is 1. The van der Waals surface area contributed by atoms with Crippen LogP contribution in [0.3, 0.4) is 0 Å². The number of hydrogen-bond donors (Lipinski definition) is 2. The summed E-state index contributed by atoms with van der Waals surface area (Å²) in [6.45, 7) is 1.89. The Morgan fingerprint density at radius 2 is 1.76 bits per heavy atom. The lowest BCUT2D eigenvalue weighted by molar-refractivity contribution is -0.138. The average molecular weight is 287 g/mol. The Morgan fingerprint density at radius 1 is 1.19 bits per heavy atom. The van der Waals surface area contributed by atoms with Crippen LogP contribution < -0.4 is 5.32 Å². The van der Waals surface area contributed by atoms with Gasteiger partial charge in [0.1, 0.15) is 0 Å². The zero-order valence-electron chi connectivity index (χ0n) is 12.7. The summed E-state index contributed by atoms with van der Waals surface area (Å²) < 4.78 is 0. The number of nitrogens with one attached hydrogen (secondary N) is 1. The minimum atomic E-state index is -0.647. The van der Waals surface area contributed by atoms with Crippen LogP contribution >= 0.6 is 0 Å². The molecule has 3 aliphatic carbocycles. The summed E-state index contributed by atoms with van der Waals surface area (Å²) in [5.74, 6) is 1.01. The van der Waals surface area contributed by atoms with Gasteiger partial charge in [0.25, 0.3) is 0 Å². The lowest BCUT2D eigenvalue weighted by Gasteiger charge is -2.45. The third-order valence-electron chi connectivity index (χ3n) is 5.55. The van der Waals surface area contributed by atoms with Gasteiger partial charge in [-0.3, -0.25) is 4.79 Å². The van der Waals surface area contributed by atoms with Crippen LogP contribution in [0.25, 0.3) is 0 Å². The molecule has 1 aromatic carbocycles. The van der Waals surface area contributed by atoms with Crippen molar-refractivity contribution in [2.45, 2.75) is 57.6 Å². The van der Waals surface area contributed by atoms with Crippen LogP contribution in [0.4, 0.5) is 0 Å². The standard InChI is InChI=1S/C18H25NO2/c1-13(16(20)15-5-3-2-4-6-15)19-17(21)18-10-7-14(8-11-18)9-12-18/h2-6,13-14,16,20H,7-12H2,1H3,(H,19,21). The van der Waals surface area contributed by atoms with Gasteiger partial charge in [-0.2, -0.15) is 0 Å². The van der Waals surface area contributed by atoms with E-state index in [2.05, 4.69) is 5.32 Å². The number of rotatable bonds is 4. The van der Waals surface area contributed by atoms with Crippen molar-refractivity contribution >= 4 is 5.91 Å². The molecular formula is C18H25NO2. The zero-order chi connectivity index (χ0) is 14.9. The van der Waals surface area contributed by atoms with Gasteiger partial charge in [-0.25, -0.2) is 0 Å². The highest BCUT2D eigenvalue weighted by Crippen LogP contribution is 2.50. The summed E-state index contributed by atoms with van der Waals surface area (Å²) in [5, 5.41) is 13.5. The molecule has 3 heteroatoms. The number of aliphatic hydroxyl groups is 1. The minimum absolute atomic E-state index is 0.153. The largest absolute Gasteiger partial charge is 0.386 e. The minimum Gasteiger partial charge on any atom is -0.386 e. The Morgan fingerprint density at radius 3 is 2.33 bits per heavy atom. The van der Waals surface area contributed by atoms with Crippen molar-refractivity contribution in [3.63, 3.8) is 0 Å². The highest BCUT2D eigenvalue weighted by atomic mass is 16.3. The molecule has 1 amide bonds. The topological polar surface area (TPSA) is 49.3 Å². The molecule has 4 rings (SSSR count). The normalized spacial score (nSPS) is 30.7. The van der Waals surface area contributed by atoms with E-state index in [0.29, 0.717) is 0 Å². The van der Waals surface area contributed by atoms with Gasteiger partial charge in [-0.1, -0.05) is 30.3 Å². The molecule has 114 valence electrons. The first-order valence-electron chi connectivity index (χ1n) is 8.15. The summed E-state index contributed by atoms with van der Waals surface area (Å²) in [6.07, 6.45) is 6.02. The summed E-state index contributed by atoms with van der Waals surface area (Å²) in [6, 6.07) is 9.30. The first-order chi connectivity index (χ1) is 10.1. The van der Waals surface area contributed by atoms with E-state index in [-0.39, 0.29) is 17.4 Å². The highest BCUT2D eigenvalue weighted by Gasteiger charge is 2.46. The lowest BCUT2D eigenvalue weighted by atomic mass is 9.60. The van der Waals surface area contributed by atoms with Crippen molar-refractivity contribution in [1.82, 2.24) is 5.32 Å². The fraction of sp³-hybridized carbons (Fsp3) is 0.611. The van der Waals surface area contributed by atoms with Gasteiger partial charge < -0.3 is 10.4 Å². The van der Waals surface area contributed by atoms with E-state index in [1.165, 1.54) is 19.3 Å². The van der Waals surface area contributed by atoms with Crippen LogP contribution in [-0.4, -0.2) is 17.1 Å². The zero-order valence-corrected chi connectivity index (χ0v) is 12.7. The Bertz CT molecular complexity index is 477. The van der Waals surface area contributed by atoms with Crippen molar-refractivity contribution < 1.29 is 9.90 Å². The Balaban J connectivity index is 1.64. The van der Waals surface area contributed by atoms with Crippen LogP contribution in [0.2, 0.25) is 0 Å². The smallest absolute Gasteiger partial charge is 0.226 e. The maximum atomic E-state index is 12.7. The molecular weight excluding hydrogens is 262 g/mol. The molecule has 2 bridgehead atoms. The number of carbonyl (C=O) groups excluding carboxylic acids is 1. The van der Waals surface area contributed by atoms with E-state index >= 15 is 0 Å². The maximum absolute atomic E-state index is 12.7. The Labute approximate surface area is 126 Å². The van der Waals surface area contributed by atoms with E-state index in [4.69, 9.17) is 0 Å². The summed E-state index contributed by atoms with van der Waals surface area (Å²) >= 11 is 0. The van der Waals surface area contributed by atoms with Crippen molar-refractivity contribution in [1.29, 1.82) is 0 Å². The molecule has 0 radical (unpaired) electrons. The summed E-state index contributed by atoms with van der Waals surface area (Å²) in [4.78, 5) is 12.7. The van der Waals surface area contributed by atoms with Gasteiger partial charge in [0.2, 0.25) is 5.91 Å². The number of benzene rings is 1. The molecule has 3 saturated carbocycles. The predicted octanol–water partition coefficient (Wildman–Crippen LogP) is 3.20. The van der Waals surface area contributed by atoms with E-state index in [0.717, 1.165) is 30.7 Å². The molecule has 1 aromatic rings. The monoisotopic (exact) mass is 287 g/mol. The first kappa shape index (κ1) is 14.6.